The minimum Gasteiger partial charge on any atom is -0.367 e. The quantitative estimate of drug-likeness (QED) is 0.531. The molecule has 0 aliphatic carbocycles. The first-order valence-electron chi connectivity index (χ1n) is 10.2. The first-order valence-corrected chi connectivity index (χ1v) is 10.2. The van der Waals surface area contributed by atoms with Gasteiger partial charge in [-0.3, -0.25) is 14.8 Å². The Balaban J connectivity index is 1.50. The van der Waals surface area contributed by atoms with E-state index in [2.05, 4.69) is 37.4 Å². The highest BCUT2D eigenvalue weighted by atomic mass is 19.1. The minimum atomic E-state index is -0.501. The molecular weight excluding hydrogens is 397 g/mol. The average molecular weight is 419 g/mol. The van der Waals surface area contributed by atoms with Gasteiger partial charge in [0, 0.05) is 56.5 Å². The van der Waals surface area contributed by atoms with Crippen LogP contribution in [0.4, 0.5) is 15.8 Å². The van der Waals surface area contributed by atoms with Gasteiger partial charge in [-0.1, -0.05) is 0 Å². The molecule has 0 saturated carbocycles. The molecular formula is C22H22FN7O. The van der Waals surface area contributed by atoms with Crippen molar-refractivity contribution >= 4 is 34.0 Å². The van der Waals surface area contributed by atoms with Crippen molar-refractivity contribution in [2.75, 3.05) is 29.9 Å². The fraction of sp³-hybridized carbons (Fsp3) is 0.273. The molecule has 1 fully saturated rings. The Bertz CT molecular complexity index is 1300. The molecule has 3 aromatic heterocycles. The number of nitrogens with one attached hydrogen (secondary N) is 2. The van der Waals surface area contributed by atoms with Crippen molar-refractivity contribution in [3.05, 3.63) is 60.1 Å². The third-order valence-electron chi connectivity index (χ3n) is 5.44. The Morgan fingerprint density at radius 2 is 2.03 bits per heavy atom. The number of rotatable bonds is 3. The van der Waals surface area contributed by atoms with E-state index in [4.69, 9.17) is 0 Å². The van der Waals surface area contributed by atoms with E-state index >= 15 is 0 Å². The molecule has 0 spiro atoms. The van der Waals surface area contributed by atoms with E-state index in [1.54, 1.807) is 42.2 Å². The average Bonchev–Trinajstić information content (AvgIpc) is 3.13. The number of hydrogen-bond donors (Lipinski definition) is 2. The molecule has 0 radical (unpaired) electrons. The standard InChI is InChI=1S/C22H22FN7O/c1-13-10-29(8-7-24-13)18-4-3-16(19-20(18)26-6-5-25-19)22(31)28-15-9-17(23)21-27-14(2)11-30(21)12-15/h3-6,9,11-13,24H,7-8,10H2,1-2H3,(H,28,31)/t13-/m0/s1. The molecule has 5 rings (SSSR count). The molecule has 1 aliphatic rings. The Kier molecular flexibility index (Phi) is 4.74. The van der Waals surface area contributed by atoms with Gasteiger partial charge in [0.25, 0.3) is 5.91 Å². The van der Waals surface area contributed by atoms with E-state index in [0.29, 0.717) is 34.0 Å². The number of benzene rings is 1. The molecule has 1 aliphatic heterocycles. The fourth-order valence-corrected chi connectivity index (χ4v) is 4.08. The van der Waals surface area contributed by atoms with Crippen LogP contribution in [0.15, 0.2) is 43.0 Å². The SMILES string of the molecule is Cc1cn2cc(NC(=O)c3ccc(N4CCN[C@@H](C)C4)c4nccnc34)cc(F)c2n1. The highest BCUT2D eigenvalue weighted by Gasteiger charge is 2.21. The van der Waals surface area contributed by atoms with Crippen LogP contribution in [0.1, 0.15) is 23.0 Å². The van der Waals surface area contributed by atoms with Crippen molar-refractivity contribution in [1.29, 1.82) is 0 Å². The van der Waals surface area contributed by atoms with Crippen LogP contribution in [0.25, 0.3) is 16.7 Å². The predicted octanol–water partition coefficient (Wildman–Crippen LogP) is 2.78. The van der Waals surface area contributed by atoms with E-state index in [1.165, 1.54) is 6.07 Å². The fourth-order valence-electron chi connectivity index (χ4n) is 4.08. The maximum atomic E-state index is 14.4. The highest BCUT2D eigenvalue weighted by Crippen LogP contribution is 2.28. The number of carbonyl (C=O) groups excluding carboxylic acids is 1. The monoisotopic (exact) mass is 419 g/mol. The van der Waals surface area contributed by atoms with Crippen LogP contribution in [0, 0.1) is 12.7 Å². The number of nitrogens with zero attached hydrogens (tertiary/aromatic N) is 5. The molecule has 0 bridgehead atoms. The lowest BCUT2D eigenvalue weighted by Crippen LogP contribution is -2.49. The Morgan fingerprint density at radius 3 is 2.84 bits per heavy atom. The number of piperazine rings is 1. The Hall–Kier alpha value is -3.59. The molecule has 1 atom stereocenters. The van der Waals surface area contributed by atoms with Crippen molar-refractivity contribution < 1.29 is 9.18 Å². The maximum absolute atomic E-state index is 14.4. The summed E-state index contributed by atoms with van der Waals surface area (Å²) in [4.78, 5) is 28.4. The summed E-state index contributed by atoms with van der Waals surface area (Å²) in [5.74, 6) is -0.875. The number of aryl methyl sites for hydroxylation is 1. The van der Waals surface area contributed by atoms with Gasteiger partial charge in [-0.2, -0.15) is 0 Å². The van der Waals surface area contributed by atoms with E-state index in [0.717, 1.165) is 25.3 Å². The van der Waals surface area contributed by atoms with Crippen LogP contribution in [0.2, 0.25) is 0 Å². The lowest BCUT2D eigenvalue weighted by molar-refractivity contribution is 0.102. The second-order valence-electron chi connectivity index (χ2n) is 7.83. The van der Waals surface area contributed by atoms with Crippen LogP contribution >= 0.6 is 0 Å². The number of halogens is 1. The maximum Gasteiger partial charge on any atom is 0.257 e. The van der Waals surface area contributed by atoms with Crippen molar-refractivity contribution in [3.8, 4) is 0 Å². The number of anilines is 2. The van der Waals surface area contributed by atoms with Crippen molar-refractivity contribution in [1.82, 2.24) is 24.7 Å². The molecule has 1 aromatic carbocycles. The van der Waals surface area contributed by atoms with Crippen molar-refractivity contribution in [2.45, 2.75) is 19.9 Å². The van der Waals surface area contributed by atoms with Crippen LogP contribution in [-0.4, -0.2) is 50.9 Å². The molecule has 8 nitrogen and oxygen atoms in total. The van der Waals surface area contributed by atoms with Crippen molar-refractivity contribution in [3.63, 3.8) is 0 Å². The van der Waals surface area contributed by atoms with Crippen LogP contribution < -0.4 is 15.5 Å². The summed E-state index contributed by atoms with van der Waals surface area (Å²) in [5.41, 5.74) is 3.79. The van der Waals surface area contributed by atoms with Gasteiger partial charge in [-0.25, -0.2) is 9.37 Å². The van der Waals surface area contributed by atoms with E-state index < -0.39 is 5.82 Å². The zero-order valence-electron chi connectivity index (χ0n) is 17.3. The Labute approximate surface area is 178 Å². The van der Waals surface area contributed by atoms with Gasteiger partial charge in [0.15, 0.2) is 11.5 Å². The second-order valence-corrected chi connectivity index (χ2v) is 7.83. The normalized spacial score (nSPS) is 16.7. The number of pyridine rings is 1. The van der Waals surface area contributed by atoms with Gasteiger partial charge in [-0.05, 0) is 26.0 Å². The summed E-state index contributed by atoms with van der Waals surface area (Å²) >= 11 is 0. The first-order chi connectivity index (χ1) is 15.0. The van der Waals surface area contributed by atoms with E-state index in [1.807, 2.05) is 6.07 Å². The van der Waals surface area contributed by atoms with Gasteiger partial charge >= 0.3 is 0 Å². The molecule has 158 valence electrons. The number of fused-ring (bicyclic) bond motifs is 2. The number of hydrogen-bond acceptors (Lipinski definition) is 6. The number of imidazole rings is 1. The number of amides is 1. The largest absolute Gasteiger partial charge is 0.367 e. The molecule has 2 N–H and O–H groups in total. The molecule has 1 amide bonds. The predicted molar refractivity (Wildman–Crippen MR) is 117 cm³/mol. The number of carbonyl (C=O) groups is 1. The third-order valence-corrected chi connectivity index (χ3v) is 5.44. The second kappa shape index (κ2) is 7.59. The molecule has 4 aromatic rings. The summed E-state index contributed by atoms with van der Waals surface area (Å²) in [6.45, 7) is 6.51. The first kappa shape index (κ1) is 19.4. The summed E-state index contributed by atoms with van der Waals surface area (Å²) in [6.07, 6.45) is 6.55. The van der Waals surface area contributed by atoms with Crippen LogP contribution in [-0.2, 0) is 0 Å². The van der Waals surface area contributed by atoms with Gasteiger partial charge in [0.2, 0.25) is 0 Å². The van der Waals surface area contributed by atoms with Crippen molar-refractivity contribution in [2.24, 2.45) is 0 Å². The van der Waals surface area contributed by atoms with Crippen LogP contribution in [0.5, 0.6) is 0 Å². The molecule has 9 heteroatoms. The lowest BCUT2D eigenvalue weighted by Gasteiger charge is -2.34. The summed E-state index contributed by atoms with van der Waals surface area (Å²) < 4.78 is 16.0. The Morgan fingerprint density at radius 1 is 1.23 bits per heavy atom. The topological polar surface area (TPSA) is 87.5 Å². The summed E-state index contributed by atoms with van der Waals surface area (Å²) in [5, 5.41) is 6.21. The van der Waals surface area contributed by atoms with Crippen LogP contribution in [0.3, 0.4) is 0 Å². The van der Waals surface area contributed by atoms with E-state index in [-0.39, 0.29) is 11.6 Å². The smallest absolute Gasteiger partial charge is 0.257 e. The highest BCUT2D eigenvalue weighted by molar-refractivity contribution is 6.13. The molecule has 1 saturated heterocycles. The van der Waals surface area contributed by atoms with Gasteiger partial charge < -0.3 is 19.9 Å². The van der Waals surface area contributed by atoms with Gasteiger partial charge in [0.05, 0.1) is 22.6 Å². The van der Waals surface area contributed by atoms with Gasteiger partial charge in [0.1, 0.15) is 11.0 Å². The third kappa shape index (κ3) is 3.57. The zero-order valence-corrected chi connectivity index (χ0v) is 17.3. The molecule has 31 heavy (non-hydrogen) atoms. The summed E-state index contributed by atoms with van der Waals surface area (Å²) in [6, 6.07) is 5.29. The number of aromatic nitrogens is 4. The lowest BCUT2D eigenvalue weighted by atomic mass is 10.1. The summed E-state index contributed by atoms with van der Waals surface area (Å²) in [7, 11) is 0. The van der Waals surface area contributed by atoms with E-state index in [9.17, 15) is 9.18 Å². The molecule has 4 heterocycles. The molecule has 0 unspecified atom stereocenters. The zero-order chi connectivity index (χ0) is 21.5. The van der Waals surface area contributed by atoms with Gasteiger partial charge in [-0.15, -0.1) is 0 Å². The minimum absolute atomic E-state index is 0.224.